The number of likely N-dealkylation sites (N-methyl/N-ethyl adjacent to an activating group) is 1. The van der Waals surface area contributed by atoms with E-state index in [-0.39, 0.29) is 5.91 Å². The van der Waals surface area contributed by atoms with Gasteiger partial charge in [-0.1, -0.05) is 30.3 Å². The summed E-state index contributed by atoms with van der Waals surface area (Å²) in [5, 5.41) is 7.19. The number of nitrogens with zero attached hydrogens (tertiary/aromatic N) is 3. The lowest BCUT2D eigenvalue weighted by atomic mass is 10.0. The monoisotopic (exact) mass is 479 g/mol. The summed E-state index contributed by atoms with van der Waals surface area (Å²) >= 11 is 0. The van der Waals surface area contributed by atoms with Crippen molar-refractivity contribution in [3.05, 3.63) is 84.4 Å². The van der Waals surface area contributed by atoms with E-state index in [0.29, 0.717) is 46.6 Å². The summed E-state index contributed by atoms with van der Waals surface area (Å²) in [6, 6.07) is 23.7. The van der Waals surface area contributed by atoms with Gasteiger partial charge in [0.1, 0.15) is 11.3 Å². The van der Waals surface area contributed by atoms with Gasteiger partial charge in [-0.2, -0.15) is 0 Å². The predicted octanol–water partition coefficient (Wildman–Crippen LogP) is 4.84. The van der Waals surface area contributed by atoms with Gasteiger partial charge in [0.05, 0.1) is 22.1 Å². The Kier molecular flexibility index (Phi) is 6.42. The van der Waals surface area contributed by atoms with Crippen LogP contribution in [-0.2, 0) is 0 Å². The van der Waals surface area contributed by atoms with Crippen LogP contribution >= 0.6 is 0 Å². The third-order valence-electron chi connectivity index (χ3n) is 5.72. The molecular weight excluding hydrogens is 454 g/mol. The van der Waals surface area contributed by atoms with E-state index in [1.54, 1.807) is 30.3 Å². The van der Waals surface area contributed by atoms with E-state index >= 15 is 0 Å². The van der Waals surface area contributed by atoms with Crippen LogP contribution in [0.1, 0.15) is 10.4 Å². The van der Waals surface area contributed by atoms with Gasteiger partial charge >= 0.3 is 6.09 Å². The number of benzene rings is 4. The number of ether oxygens (including phenoxy) is 1. The normalized spacial score (nSPS) is 11.2. The second-order valence-corrected chi connectivity index (χ2v) is 8.66. The molecule has 0 saturated carbocycles. The third kappa shape index (κ3) is 4.94. The molecule has 36 heavy (non-hydrogen) atoms. The summed E-state index contributed by atoms with van der Waals surface area (Å²) in [5.41, 5.74) is 3.64. The van der Waals surface area contributed by atoms with Crippen LogP contribution in [0.25, 0.3) is 32.8 Å². The van der Waals surface area contributed by atoms with Gasteiger partial charge < -0.3 is 15.0 Å². The second-order valence-electron chi connectivity index (χ2n) is 8.66. The maximum Gasteiger partial charge on any atom is 0.417 e. The number of aromatic nitrogens is 2. The smallest absolute Gasteiger partial charge is 0.410 e. The van der Waals surface area contributed by atoms with E-state index in [4.69, 9.17) is 14.7 Å². The lowest BCUT2D eigenvalue weighted by Gasteiger charge is -2.13. The van der Waals surface area contributed by atoms with Crippen molar-refractivity contribution >= 4 is 50.5 Å². The van der Waals surface area contributed by atoms with Crippen molar-refractivity contribution < 1.29 is 14.3 Å². The first-order valence-corrected chi connectivity index (χ1v) is 11.6. The molecule has 180 valence electrons. The van der Waals surface area contributed by atoms with Crippen LogP contribution in [0.4, 0.5) is 10.5 Å². The Morgan fingerprint density at radius 1 is 0.861 bits per heavy atom. The minimum Gasteiger partial charge on any atom is -0.410 e. The molecule has 0 radical (unpaired) electrons. The number of carbonyl (C=O) groups excluding carboxylic acids is 2. The van der Waals surface area contributed by atoms with Gasteiger partial charge in [-0.15, -0.1) is 0 Å². The van der Waals surface area contributed by atoms with E-state index in [0.717, 1.165) is 16.3 Å². The van der Waals surface area contributed by atoms with Gasteiger partial charge in [-0.05, 0) is 68.0 Å². The minimum absolute atomic E-state index is 0.235. The first-order chi connectivity index (χ1) is 17.5. The molecule has 0 aliphatic heterocycles. The standard InChI is InChI=1S/C28H25N5O3/c1-33(2)15-14-29-27(34)22-17-18-16-20(36-28(35)30-19-8-4-3-5-9-19)12-13-21(18)25-26(22)32-24-11-7-6-10-23(24)31-25/h3-13,16-17H,14-15H2,1-2H3,(H,29,34)(H,30,35). The molecule has 0 unspecified atom stereocenters. The number of rotatable bonds is 6. The maximum absolute atomic E-state index is 13.2. The van der Waals surface area contributed by atoms with Crippen LogP contribution in [0, 0.1) is 0 Å². The number of hydrogen-bond donors (Lipinski definition) is 2. The van der Waals surface area contributed by atoms with Gasteiger partial charge in [-0.25, -0.2) is 14.8 Å². The molecule has 5 aromatic rings. The molecular formula is C28H25N5O3. The Balaban J connectivity index is 1.55. The first-order valence-electron chi connectivity index (χ1n) is 11.6. The van der Waals surface area contributed by atoms with Gasteiger partial charge in [0.15, 0.2) is 0 Å². The van der Waals surface area contributed by atoms with E-state index < -0.39 is 6.09 Å². The summed E-state index contributed by atoms with van der Waals surface area (Å²) in [6.07, 6.45) is -0.603. The number of amides is 2. The quantitative estimate of drug-likeness (QED) is 0.267. The van der Waals surface area contributed by atoms with Gasteiger partial charge in [0.2, 0.25) is 0 Å². The van der Waals surface area contributed by atoms with Crippen LogP contribution in [0.3, 0.4) is 0 Å². The fraction of sp³-hybridized carbons (Fsp3) is 0.143. The molecule has 0 saturated heterocycles. The Morgan fingerprint density at radius 2 is 1.56 bits per heavy atom. The molecule has 5 rings (SSSR count). The average molecular weight is 480 g/mol. The number of para-hydroxylation sites is 3. The predicted molar refractivity (Wildman–Crippen MR) is 142 cm³/mol. The molecule has 1 aromatic heterocycles. The molecule has 0 atom stereocenters. The molecule has 2 N–H and O–H groups in total. The van der Waals surface area contributed by atoms with Crippen molar-refractivity contribution in [2.45, 2.75) is 0 Å². The first kappa shape index (κ1) is 23.2. The van der Waals surface area contributed by atoms with E-state index in [1.807, 2.05) is 67.5 Å². The highest BCUT2D eigenvalue weighted by molar-refractivity contribution is 6.15. The number of anilines is 1. The topological polar surface area (TPSA) is 96.5 Å². The fourth-order valence-electron chi connectivity index (χ4n) is 3.97. The molecule has 0 bridgehead atoms. The summed E-state index contributed by atoms with van der Waals surface area (Å²) < 4.78 is 5.51. The average Bonchev–Trinajstić information content (AvgIpc) is 2.87. The van der Waals surface area contributed by atoms with Gasteiger partial charge in [0.25, 0.3) is 5.91 Å². The van der Waals surface area contributed by atoms with Crippen molar-refractivity contribution in [2.24, 2.45) is 0 Å². The lowest BCUT2D eigenvalue weighted by molar-refractivity contribution is 0.0952. The van der Waals surface area contributed by atoms with Crippen molar-refractivity contribution in [2.75, 3.05) is 32.5 Å². The van der Waals surface area contributed by atoms with Crippen molar-refractivity contribution in [3.63, 3.8) is 0 Å². The van der Waals surface area contributed by atoms with Gasteiger partial charge in [0, 0.05) is 24.2 Å². The summed E-state index contributed by atoms with van der Waals surface area (Å²) in [6.45, 7) is 1.20. The van der Waals surface area contributed by atoms with E-state index in [9.17, 15) is 9.59 Å². The number of fused-ring (bicyclic) bond motifs is 4. The molecule has 8 heteroatoms. The molecule has 0 spiro atoms. The minimum atomic E-state index is -0.603. The van der Waals surface area contributed by atoms with E-state index in [2.05, 4.69) is 10.6 Å². The molecule has 2 amide bonds. The summed E-state index contributed by atoms with van der Waals surface area (Å²) in [7, 11) is 3.90. The Hall–Kier alpha value is -4.56. The SMILES string of the molecule is CN(C)CCNC(=O)c1cc2cc(OC(=O)Nc3ccccc3)ccc2c2nc3ccccc3nc12. The largest absolute Gasteiger partial charge is 0.417 e. The number of hydrogen-bond acceptors (Lipinski definition) is 6. The van der Waals surface area contributed by atoms with Gasteiger partial charge in [-0.3, -0.25) is 10.1 Å². The molecule has 8 nitrogen and oxygen atoms in total. The van der Waals surface area contributed by atoms with Crippen molar-refractivity contribution in [3.8, 4) is 5.75 Å². The Bertz CT molecular complexity index is 1580. The Labute approximate surface area is 207 Å². The van der Waals surface area contributed by atoms with Crippen LogP contribution in [0.5, 0.6) is 5.75 Å². The highest BCUT2D eigenvalue weighted by atomic mass is 16.6. The van der Waals surface area contributed by atoms with Crippen molar-refractivity contribution in [1.82, 2.24) is 20.2 Å². The molecule has 0 aliphatic rings. The van der Waals surface area contributed by atoms with Crippen LogP contribution < -0.4 is 15.4 Å². The zero-order valence-electron chi connectivity index (χ0n) is 20.0. The number of carbonyl (C=O) groups is 2. The molecule has 0 aliphatic carbocycles. The Morgan fingerprint density at radius 3 is 2.28 bits per heavy atom. The van der Waals surface area contributed by atoms with Crippen molar-refractivity contribution in [1.29, 1.82) is 0 Å². The second kappa shape index (κ2) is 9.97. The summed E-state index contributed by atoms with van der Waals surface area (Å²) in [5.74, 6) is 0.115. The van der Waals surface area contributed by atoms with Crippen LogP contribution in [-0.4, -0.2) is 54.1 Å². The number of nitrogens with one attached hydrogen (secondary N) is 2. The zero-order chi connectivity index (χ0) is 25.1. The molecule has 0 fully saturated rings. The molecule has 1 heterocycles. The maximum atomic E-state index is 13.2. The highest BCUT2D eigenvalue weighted by Crippen LogP contribution is 2.31. The van der Waals surface area contributed by atoms with Crippen LogP contribution in [0.15, 0.2) is 78.9 Å². The lowest BCUT2D eigenvalue weighted by Crippen LogP contribution is -2.31. The molecule has 4 aromatic carbocycles. The highest BCUT2D eigenvalue weighted by Gasteiger charge is 2.17. The third-order valence-corrected chi connectivity index (χ3v) is 5.72. The van der Waals surface area contributed by atoms with Crippen LogP contribution in [0.2, 0.25) is 0 Å². The zero-order valence-corrected chi connectivity index (χ0v) is 20.0. The van der Waals surface area contributed by atoms with E-state index in [1.165, 1.54) is 0 Å². The summed E-state index contributed by atoms with van der Waals surface area (Å²) in [4.78, 5) is 37.2. The fourth-order valence-corrected chi connectivity index (χ4v) is 3.97.